The van der Waals surface area contributed by atoms with Gasteiger partial charge >= 0.3 is 0 Å². The van der Waals surface area contributed by atoms with Crippen LogP contribution in [0.5, 0.6) is 0 Å². The predicted octanol–water partition coefficient (Wildman–Crippen LogP) is 4.78. The molecule has 3 N–H and O–H groups in total. The Morgan fingerprint density at radius 2 is 2.03 bits per heavy atom. The average Bonchev–Trinajstić information content (AvgIpc) is 2.89. The van der Waals surface area contributed by atoms with Crippen LogP contribution in [0.1, 0.15) is 58.4 Å². The maximum atomic E-state index is 12.9. The van der Waals surface area contributed by atoms with Gasteiger partial charge in [-0.2, -0.15) is 0 Å². The largest absolute Gasteiger partial charge is 0.373 e. The van der Waals surface area contributed by atoms with Crippen LogP contribution in [-0.2, 0) is 4.79 Å². The Hall–Kier alpha value is -2.93. The van der Waals surface area contributed by atoms with Gasteiger partial charge in [-0.1, -0.05) is 50.6 Å². The number of carbonyl (C=O) groups is 1. The number of carbonyl (C=O) groups excluding carboxylic acids is 1. The summed E-state index contributed by atoms with van der Waals surface area (Å²) >= 11 is 0. The monoisotopic (exact) mass is 480 g/mol. The van der Waals surface area contributed by atoms with E-state index >= 15 is 0 Å². The molecule has 35 heavy (non-hydrogen) atoms. The quantitative estimate of drug-likeness (QED) is 0.203. The summed E-state index contributed by atoms with van der Waals surface area (Å²) in [5, 5.41) is 14.7. The van der Waals surface area contributed by atoms with Crippen molar-refractivity contribution in [2.24, 2.45) is 0 Å². The second-order valence-electron chi connectivity index (χ2n) is 8.97. The van der Waals surface area contributed by atoms with Crippen LogP contribution in [0.2, 0.25) is 0 Å². The molecule has 0 aliphatic carbocycles. The molecule has 192 valence electrons. The van der Waals surface area contributed by atoms with Crippen molar-refractivity contribution in [3.63, 3.8) is 0 Å². The molecule has 1 aromatic heterocycles. The van der Waals surface area contributed by atoms with Gasteiger partial charge < -0.3 is 15.5 Å². The molecule has 1 amide bonds. The normalized spacial score (nSPS) is 15.3. The molecule has 0 radical (unpaired) electrons. The predicted molar refractivity (Wildman–Crippen MR) is 149 cm³/mol. The number of anilines is 2. The van der Waals surface area contributed by atoms with E-state index in [0.29, 0.717) is 11.4 Å². The van der Waals surface area contributed by atoms with Crippen LogP contribution in [0.4, 0.5) is 11.6 Å². The first kappa shape index (κ1) is 28.3. The van der Waals surface area contributed by atoms with Crippen molar-refractivity contribution >= 4 is 23.3 Å². The zero-order chi connectivity index (χ0) is 25.6. The van der Waals surface area contributed by atoms with Gasteiger partial charge in [-0.25, -0.2) is 4.98 Å². The minimum Gasteiger partial charge on any atom is -0.373 e. The van der Waals surface area contributed by atoms with E-state index in [2.05, 4.69) is 46.9 Å². The number of aromatic nitrogens is 1. The van der Waals surface area contributed by atoms with Crippen LogP contribution in [0.3, 0.4) is 0 Å². The maximum absolute atomic E-state index is 12.9. The molecule has 0 unspecified atom stereocenters. The third kappa shape index (κ3) is 8.66. The molecule has 1 saturated heterocycles. The van der Waals surface area contributed by atoms with Crippen LogP contribution in [0.15, 0.2) is 48.6 Å². The highest BCUT2D eigenvalue weighted by Gasteiger charge is 2.24. The number of hydrogen-bond acceptors (Lipinski definition) is 6. The number of pyridine rings is 1. The molecular formula is C28H44N6O. The van der Waals surface area contributed by atoms with Crippen molar-refractivity contribution in [3.05, 3.63) is 54.2 Å². The van der Waals surface area contributed by atoms with Gasteiger partial charge in [-0.3, -0.25) is 15.1 Å². The first-order valence-electron chi connectivity index (χ1n) is 13.0. The summed E-state index contributed by atoms with van der Waals surface area (Å²) in [6, 6.07) is 3.84. The summed E-state index contributed by atoms with van der Waals surface area (Å²) in [4.78, 5) is 22.3. The molecule has 2 rings (SSSR count). The van der Waals surface area contributed by atoms with Gasteiger partial charge in [0.25, 0.3) is 5.91 Å². The number of unbranched alkanes of at least 4 members (excludes halogenated alkanes) is 2. The Kier molecular flexibility index (Phi) is 12.2. The lowest BCUT2D eigenvalue weighted by molar-refractivity contribution is -0.115. The smallest absolute Gasteiger partial charge is 0.270 e. The summed E-state index contributed by atoms with van der Waals surface area (Å²) in [5.74, 6) is 1.10. The highest BCUT2D eigenvalue weighted by molar-refractivity contribution is 6.45. The van der Waals surface area contributed by atoms with Crippen molar-refractivity contribution < 1.29 is 4.79 Å². The van der Waals surface area contributed by atoms with Crippen LogP contribution in [-0.4, -0.2) is 67.3 Å². The first-order valence-corrected chi connectivity index (χ1v) is 13.0. The fourth-order valence-corrected chi connectivity index (χ4v) is 4.28. The summed E-state index contributed by atoms with van der Waals surface area (Å²) in [6.45, 7) is 14.7. The van der Waals surface area contributed by atoms with Crippen LogP contribution in [0.25, 0.3) is 0 Å². The molecule has 0 spiro atoms. The van der Waals surface area contributed by atoms with E-state index in [4.69, 9.17) is 10.4 Å². The summed E-state index contributed by atoms with van der Waals surface area (Å²) < 4.78 is 0. The molecule has 7 nitrogen and oxygen atoms in total. The number of amides is 1. The Morgan fingerprint density at radius 1 is 1.29 bits per heavy atom. The van der Waals surface area contributed by atoms with Crippen molar-refractivity contribution in [2.75, 3.05) is 50.0 Å². The zero-order valence-electron chi connectivity index (χ0n) is 22.1. The minimum atomic E-state index is -0.343. The molecule has 1 fully saturated rings. The van der Waals surface area contributed by atoms with Crippen molar-refractivity contribution in [1.82, 2.24) is 15.2 Å². The molecule has 2 heterocycles. The maximum Gasteiger partial charge on any atom is 0.270 e. The van der Waals surface area contributed by atoms with Crippen molar-refractivity contribution in [1.29, 1.82) is 5.41 Å². The number of piperidine rings is 1. The Balaban J connectivity index is 1.96. The molecule has 1 aliphatic rings. The fourth-order valence-electron chi connectivity index (χ4n) is 4.28. The van der Waals surface area contributed by atoms with Crippen LogP contribution < -0.4 is 15.5 Å². The first-order chi connectivity index (χ1) is 17.0. The number of allylic oxidation sites excluding steroid dienone is 3. The summed E-state index contributed by atoms with van der Waals surface area (Å²) in [5.41, 5.74) is 1.67. The molecule has 0 bridgehead atoms. The Morgan fingerprint density at radius 3 is 2.63 bits per heavy atom. The lowest BCUT2D eigenvalue weighted by atomic mass is 10.0. The van der Waals surface area contributed by atoms with Crippen LogP contribution >= 0.6 is 0 Å². The number of likely N-dealkylation sites (tertiary alicyclic amines) is 1. The van der Waals surface area contributed by atoms with Gasteiger partial charge in [0.15, 0.2) is 0 Å². The number of nitrogens with zero attached hydrogens (tertiary/aromatic N) is 3. The fraction of sp³-hybridized carbons (Fsp3) is 0.536. The SMILES string of the molecule is C=C/C(=C\C=C/C)CN1CCC(NC(=O)C(=N)c2ccc(N(CC)CCCCC)nc2NC)CC1. The molecule has 0 atom stereocenters. The standard InChI is InChI=1S/C28H44N6O/c1-6-10-12-18-34(9-4)25-15-14-24(27(30-5)32-25)26(29)28(35)31-23-16-19-33(20-17-23)21-22(8-3)13-11-7-2/h7-8,11,13-15,23,29H,3,6,9-10,12,16-21H2,1-2,4-5H3,(H,30,32)(H,31,35)/b11-7-,22-13+,29-26?. The second kappa shape index (κ2) is 15.1. The summed E-state index contributed by atoms with van der Waals surface area (Å²) in [7, 11) is 1.78. The zero-order valence-corrected chi connectivity index (χ0v) is 22.1. The molecular weight excluding hydrogens is 436 g/mol. The van der Waals surface area contributed by atoms with E-state index in [-0.39, 0.29) is 17.7 Å². The Labute approximate surface area is 211 Å². The number of hydrogen-bond donors (Lipinski definition) is 3. The van der Waals surface area contributed by atoms with Crippen molar-refractivity contribution in [2.45, 2.75) is 58.9 Å². The minimum absolute atomic E-state index is 0.0481. The number of rotatable bonds is 14. The van der Waals surface area contributed by atoms with Gasteiger partial charge in [0.2, 0.25) is 0 Å². The van der Waals surface area contributed by atoms with E-state index in [1.54, 1.807) is 7.05 Å². The Bertz CT molecular complexity index is 899. The summed E-state index contributed by atoms with van der Waals surface area (Å²) in [6.07, 6.45) is 13.3. The third-order valence-corrected chi connectivity index (χ3v) is 6.44. The van der Waals surface area contributed by atoms with Gasteiger partial charge in [0, 0.05) is 51.4 Å². The molecule has 0 saturated carbocycles. The van der Waals surface area contributed by atoms with E-state index in [1.165, 1.54) is 18.4 Å². The van der Waals surface area contributed by atoms with E-state index in [1.807, 2.05) is 37.3 Å². The van der Waals surface area contributed by atoms with Gasteiger partial charge in [-0.15, -0.1) is 0 Å². The molecule has 1 aromatic rings. The number of nitrogens with one attached hydrogen (secondary N) is 3. The van der Waals surface area contributed by atoms with Gasteiger partial charge in [0.1, 0.15) is 17.3 Å². The van der Waals surface area contributed by atoms with E-state index in [9.17, 15) is 4.79 Å². The molecule has 0 aromatic carbocycles. The third-order valence-electron chi connectivity index (χ3n) is 6.44. The van der Waals surface area contributed by atoms with Crippen LogP contribution in [0, 0.1) is 5.41 Å². The van der Waals surface area contributed by atoms with Gasteiger partial charge in [0.05, 0.1) is 0 Å². The van der Waals surface area contributed by atoms with E-state index in [0.717, 1.165) is 57.8 Å². The van der Waals surface area contributed by atoms with E-state index < -0.39 is 0 Å². The van der Waals surface area contributed by atoms with Crippen molar-refractivity contribution in [3.8, 4) is 0 Å². The topological polar surface area (TPSA) is 84.4 Å². The molecule has 1 aliphatic heterocycles. The highest BCUT2D eigenvalue weighted by atomic mass is 16.1. The van der Waals surface area contributed by atoms with Gasteiger partial charge in [-0.05, 0) is 50.8 Å². The lowest BCUT2D eigenvalue weighted by Crippen LogP contribution is -2.46. The second-order valence-corrected chi connectivity index (χ2v) is 8.97. The molecule has 7 heteroatoms. The highest BCUT2D eigenvalue weighted by Crippen LogP contribution is 2.21. The lowest BCUT2D eigenvalue weighted by Gasteiger charge is -2.32. The average molecular weight is 481 g/mol.